The van der Waals surface area contributed by atoms with Gasteiger partial charge in [0.2, 0.25) is 0 Å². The van der Waals surface area contributed by atoms with Crippen LogP contribution in [0.4, 0.5) is 0 Å². The minimum Gasteiger partial charge on any atom is -0.493 e. The highest BCUT2D eigenvalue weighted by atomic mass is 16.5. The van der Waals surface area contributed by atoms with Crippen LogP contribution in [0.5, 0.6) is 11.5 Å². The van der Waals surface area contributed by atoms with E-state index in [1.54, 1.807) is 18.2 Å². The third-order valence-electron chi connectivity index (χ3n) is 2.97. The highest BCUT2D eigenvalue weighted by molar-refractivity contribution is 5.96. The Labute approximate surface area is 120 Å². The molecule has 2 aromatic rings. The van der Waals surface area contributed by atoms with Gasteiger partial charge >= 0.3 is 5.97 Å². The quantitative estimate of drug-likeness (QED) is 0.870. The predicted molar refractivity (Wildman–Crippen MR) is 72.6 cm³/mol. The number of aliphatic hydroxyl groups excluding tert-OH is 1. The molecule has 1 unspecified atom stereocenters. The molecule has 0 aliphatic carbocycles. The summed E-state index contributed by atoms with van der Waals surface area (Å²) in [7, 11) is 2.98. The Morgan fingerprint density at radius 1 is 1.29 bits per heavy atom. The van der Waals surface area contributed by atoms with Gasteiger partial charge in [-0.1, -0.05) is 5.16 Å². The molecule has 7 nitrogen and oxygen atoms in total. The predicted octanol–water partition coefficient (Wildman–Crippen LogP) is 2.11. The molecule has 0 saturated carbocycles. The molecule has 0 fully saturated rings. The number of hydrogen-bond donors (Lipinski definition) is 2. The first-order valence-electron chi connectivity index (χ1n) is 6.13. The van der Waals surface area contributed by atoms with Crippen LogP contribution in [0.2, 0.25) is 0 Å². The van der Waals surface area contributed by atoms with Crippen LogP contribution >= 0.6 is 0 Å². The van der Waals surface area contributed by atoms with E-state index in [1.165, 1.54) is 21.1 Å². The van der Waals surface area contributed by atoms with Crippen molar-refractivity contribution in [3.63, 3.8) is 0 Å². The van der Waals surface area contributed by atoms with Crippen molar-refractivity contribution in [1.29, 1.82) is 0 Å². The van der Waals surface area contributed by atoms with Gasteiger partial charge in [0.15, 0.2) is 17.3 Å². The monoisotopic (exact) mass is 293 g/mol. The molecule has 7 heteroatoms. The molecule has 0 bridgehead atoms. The van der Waals surface area contributed by atoms with Gasteiger partial charge in [0.05, 0.1) is 14.2 Å². The largest absolute Gasteiger partial charge is 0.493 e. The molecule has 1 aromatic carbocycles. The Balaban J connectivity index is 2.59. The zero-order chi connectivity index (χ0) is 15.6. The molecule has 112 valence electrons. The van der Waals surface area contributed by atoms with E-state index in [-0.39, 0.29) is 17.0 Å². The van der Waals surface area contributed by atoms with Crippen LogP contribution in [0.3, 0.4) is 0 Å². The molecule has 0 saturated heterocycles. The fourth-order valence-corrected chi connectivity index (χ4v) is 1.98. The van der Waals surface area contributed by atoms with Crippen molar-refractivity contribution >= 4 is 5.97 Å². The Morgan fingerprint density at radius 3 is 2.48 bits per heavy atom. The number of ether oxygens (including phenoxy) is 2. The zero-order valence-corrected chi connectivity index (χ0v) is 11.8. The van der Waals surface area contributed by atoms with Gasteiger partial charge in [-0.25, -0.2) is 4.79 Å². The van der Waals surface area contributed by atoms with Gasteiger partial charge in [0.1, 0.15) is 17.4 Å². The van der Waals surface area contributed by atoms with Crippen LogP contribution in [0.15, 0.2) is 22.7 Å². The number of carboxylic acid groups (broad SMARTS) is 1. The van der Waals surface area contributed by atoms with Crippen molar-refractivity contribution < 1.29 is 29.0 Å². The third kappa shape index (κ3) is 2.68. The maximum atomic E-state index is 11.4. The van der Waals surface area contributed by atoms with Gasteiger partial charge in [-0.15, -0.1) is 0 Å². The summed E-state index contributed by atoms with van der Waals surface area (Å²) in [6.45, 7) is 1.41. The van der Waals surface area contributed by atoms with Gasteiger partial charge in [-0.3, -0.25) is 0 Å². The number of hydrogen-bond acceptors (Lipinski definition) is 6. The lowest BCUT2D eigenvalue weighted by atomic mass is 10.0. The van der Waals surface area contributed by atoms with Crippen LogP contribution < -0.4 is 9.47 Å². The van der Waals surface area contributed by atoms with E-state index in [4.69, 9.17) is 14.0 Å². The van der Waals surface area contributed by atoms with Crippen LogP contribution in [0, 0.1) is 0 Å². The van der Waals surface area contributed by atoms with E-state index in [2.05, 4.69) is 5.16 Å². The molecule has 0 aliphatic rings. The van der Waals surface area contributed by atoms with Gasteiger partial charge in [0, 0.05) is 5.56 Å². The van der Waals surface area contributed by atoms with E-state index >= 15 is 0 Å². The summed E-state index contributed by atoms with van der Waals surface area (Å²) in [4.78, 5) is 11.4. The van der Waals surface area contributed by atoms with Crippen molar-refractivity contribution in [3.05, 3.63) is 29.5 Å². The van der Waals surface area contributed by atoms with Gasteiger partial charge in [-0.05, 0) is 25.1 Å². The maximum absolute atomic E-state index is 11.4. The number of carboxylic acids is 1. The van der Waals surface area contributed by atoms with Gasteiger partial charge in [0.25, 0.3) is 0 Å². The molecule has 0 aliphatic heterocycles. The van der Waals surface area contributed by atoms with Crippen molar-refractivity contribution in [1.82, 2.24) is 5.16 Å². The molecule has 0 radical (unpaired) electrons. The van der Waals surface area contributed by atoms with Crippen molar-refractivity contribution in [2.24, 2.45) is 0 Å². The van der Waals surface area contributed by atoms with E-state index in [0.29, 0.717) is 17.1 Å². The molecule has 0 amide bonds. The molecule has 1 heterocycles. The fourth-order valence-electron chi connectivity index (χ4n) is 1.98. The molecular weight excluding hydrogens is 278 g/mol. The summed E-state index contributed by atoms with van der Waals surface area (Å²) < 4.78 is 15.2. The van der Waals surface area contributed by atoms with Crippen molar-refractivity contribution in [2.75, 3.05) is 14.2 Å². The molecule has 2 rings (SSSR count). The third-order valence-corrected chi connectivity index (χ3v) is 2.97. The first-order chi connectivity index (χ1) is 9.99. The standard InChI is InChI=1S/C14H15NO6/c1-7(16)13-11(14(17)18)12(15-21-13)8-4-5-9(19-2)10(6-8)20-3/h4-7,16H,1-3H3,(H,17,18). The Hall–Kier alpha value is -2.54. The van der Waals surface area contributed by atoms with Gasteiger partial charge in [-0.2, -0.15) is 0 Å². The summed E-state index contributed by atoms with van der Waals surface area (Å²) in [5.41, 5.74) is 0.442. The summed E-state index contributed by atoms with van der Waals surface area (Å²) in [5.74, 6) is -0.366. The second-order valence-electron chi connectivity index (χ2n) is 4.32. The maximum Gasteiger partial charge on any atom is 0.341 e. The molecule has 21 heavy (non-hydrogen) atoms. The molecule has 0 spiro atoms. The second-order valence-corrected chi connectivity index (χ2v) is 4.32. The molecule has 2 N–H and O–H groups in total. The second kappa shape index (κ2) is 5.84. The van der Waals surface area contributed by atoms with Crippen molar-refractivity contribution in [3.8, 4) is 22.8 Å². The smallest absolute Gasteiger partial charge is 0.341 e. The molecule has 1 atom stereocenters. The minimum absolute atomic E-state index is 0.0905. The summed E-state index contributed by atoms with van der Waals surface area (Å²) >= 11 is 0. The number of aliphatic hydroxyl groups is 1. The van der Waals surface area contributed by atoms with Crippen LogP contribution in [-0.2, 0) is 0 Å². The number of benzene rings is 1. The highest BCUT2D eigenvalue weighted by Gasteiger charge is 2.26. The fraction of sp³-hybridized carbons (Fsp3) is 0.286. The van der Waals surface area contributed by atoms with Crippen LogP contribution in [0.25, 0.3) is 11.3 Å². The lowest BCUT2D eigenvalue weighted by molar-refractivity contribution is 0.0685. The highest BCUT2D eigenvalue weighted by Crippen LogP contribution is 2.35. The number of nitrogens with zero attached hydrogens (tertiary/aromatic N) is 1. The SMILES string of the molecule is COc1ccc(-c2noc(C(C)O)c2C(=O)O)cc1OC. The average molecular weight is 293 g/mol. The molecule has 1 aromatic heterocycles. The minimum atomic E-state index is -1.23. The Morgan fingerprint density at radius 2 is 1.95 bits per heavy atom. The van der Waals surface area contributed by atoms with E-state index in [1.807, 2.05) is 0 Å². The normalized spacial score (nSPS) is 12.0. The van der Waals surface area contributed by atoms with Crippen molar-refractivity contribution in [2.45, 2.75) is 13.0 Å². The van der Waals surface area contributed by atoms with E-state index in [9.17, 15) is 15.0 Å². The Bertz CT molecular complexity index is 661. The lowest BCUT2D eigenvalue weighted by Crippen LogP contribution is -2.03. The first kappa shape index (κ1) is 14.9. The van der Waals surface area contributed by atoms with Crippen LogP contribution in [0.1, 0.15) is 29.1 Å². The number of methoxy groups -OCH3 is 2. The summed E-state index contributed by atoms with van der Waals surface area (Å²) in [6.07, 6.45) is -1.07. The number of aromatic carboxylic acids is 1. The molecular formula is C14H15NO6. The van der Waals surface area contributed by atoms with Gasteiger partial charge < -0.3 is 24.2 Å². The number of carbonyl (C=O) groups is 1. The zero-order valence-electron chi connectivity index (χ0n) is 11.8. The Kier molecular flexibility index (Phi) is 4.13. The topological polar surface area (TPSA) is 102 Å². The number of aromatic nitrogens is 1. The van der Waals surface area contributed by atoms with Crippen LogP contribution in [-0.4, -0.2) is 35.6 Å². The first-order valence-corrected chi connectivity index (χ1v) is 6.13. The van der Waals surface area contributed by atoms with E-state index < -0.39 is 12.1 Å². The summed E-state index contributed by atoms with van der Waals surface area (Å²) in [5, 5.41) is 22.6. The summed E-state index contributed by atoms with van der Waals surface area (Å²) in [6, 6.07) is 4.86. The number of rotatable bonds is 5. The average Bonchev–Trinajstić information content (AvgIpc) is 2.91. The van der Waals surface area contributed by atoms with E-state index in [0.717, 1.165) is 0 Å². The lowest BCUT2D eigenvalue weighted by Gasteiger charge is -2.08.